The molecule has 0 bridgehead atoms. The molecule has 4 N–H and O–H groups in total. The van der Waals surface area contributed by atoms with Gasteiger partial charge in [0.25, 0.3) is 0 Å². The van der Waals surface area contributed by atoms with Gasteiger partial charge in [-0.2, -0.15) is 5.10 Å². The molecule has 0 unspecified atom stereocenters. The van der Waals surface area contributed by atoms with E-state index in [4.69, 9.17) is 5.73 Å². The Kier molecular flexibility index (Phi) is 3.82. The van der Waals surface area contributed by atoms with Crippen LogP contribution < -0.4 is 11.1 Å². The van der Waals surface area contributed by atoms with Gasteiger partial charge in [-0.05, 0) is 41.5 Å². The molecule has 3 rings (SSSR count). The minimum absolute atomic E-state index is 0.155. The number of nitrogens with zero attached hydrogens (tertiary/aromatic N) is 2. The highest BCUT2D eigenvalue weighted by Gasteiger charge is 2.02. The van der Waals surface area contributed by atoms with Crippen LogP contribution in [0.4, 0.5) is 5.82 Å². The lowest BCUT2D eigenvalue weighted by molar-refractivity contribution is -0.116. The van der Waals surface area contributed by atoms with Crippen LogP contribution in [0, 0.1) is 0 Å². The highest BCUT2D eigenvalue weighted by Crippen LogP contribution is 2.19. The predicted molar refractivity (Wildman–Crippen MR) is 85.6 cm³/mol. The first-order chi connectivity index (χ1) is 10.7. The summed E-state index contributed by atoms with van der Waals surface area (Å²) in [5.74, 6) is 0.296. The number of H-pyrrole nitrogens is 1. The van der Waals surface area contributed by atoms with Gasteiger partial charge < -0.3 is 11.1 Å². The summed E-state index contributed by atoms with van der Waals surface area (Å²) in [5, 5.41) is 10.4. The van der Waals surface area contributed by atoms with E-state index in [1.165, 1.54) is 6.08 Å². The van der Waals surface area contributed by atoms with E-state index in [-0.39, 0.29) is 5.91 Å². The van der Waals surface area contributed by atoms with E-state index < -0.39 is 0 Å². The van der Waals surface area contributed by atoms with Crippen LogP contribution in [0.25, 0.3) is 17.0 Å². The highest BCUT2D eigenvalue weighted by molar-refractivity contribution is 5.94. The Morgan fingerprint density at radius 2 is 2.09 bits per heavy atom. The van der Waals surface area contributed by atoms with E-state index in [0.717, 1.165) is 22.0 Å². The van der Waals surface area contributed by atoms with Crippen LogP contribution >= 0.6 is 0 Å². The number of aromatic amines is 1. The number of hydrogen-bond donors (Lipinski definition) is 3. The first-order valence-electron chi connectivity index (χ1n) is 6.81. The normalized spacial score (nSPS) is 11.1. The van der Waals surface area contributed by atoms with Gasteiger partial charge in [0.1, 0.15) is 0 Å². The van der Waals surface area contributed by atoms with Crippen LogP contribution in [0.3, 0.4) is 0 Å². The largest absolute Gasteiger partial charge is 0.382 e. The van der Waals surface area contributed by atoms with Gasteiger partial charge in [-0.15, -0.1) is 0 Å². The van der Waals surface area contributed by atoms with Crippen LogP contribution in [0.5, 0.6) is 0 Å². The number of aromatic nitrogens is 3. The zero-order valence-corrected chi connectivity index (χ0v) is 11.8. The van der Waals surface area contributed by atoms with Crippen molar-refractivity contribution in [3.8, 4) is 0 Å². The van der Waals surface area contributed by atoms with Gasteiger partial charge in [0.05, 0.1) is 5.52 Å². The third-order valence-corrected chi connectivity index (χ3v) is 3.26. The van der Waals surface area contributed by atoms with Gasteiger partial charge in [-0.1, -0.05) is 6.07 Å². The van der Waals surface area contributed by atoms with E-state index in [1.54, 1.807) is 18.5 Å². The summed E-state index contributed by atoms with van der Waals surface area (Å²) in [4.78, 5) is 15.7. The van der Waals surface area contributed by atoms with Crippen molar-refractivity contribution in [3.05, 3.63) is 59.9 Å². The molecule has 0 aliphatic heterocycles. The average Bonchev–Trinajstić information content (AvgIpc) is 2.93. The minimum atomic E-state index is -0.155. The van der Waals surface area contributed by atoms with Crippen molar-refractivity contribution in [1.29, 1.82) is 0 Å². The summed E-state index contributed by atoms with van der Waals surface area (Å²) in [6.07, 6.45) is 6.64. The summed E-state index contributed by atoms with van der Waals surface area (Å²) in [7, 11) is 0. The average molecular weight is 293 g/mol. The zero-order valence-electron chi connectivity index (χ0n) is 11.8. The molecule has 0 spiro atoms. The molecule has 2 heterocycles. The Labute approximate surface area is 127 Å². The monoisotopic (exact) mass is 293 g/mol. The number of pyridine rings is 1. The second-order valence-electron chi connectivity index (χ2n) is 4.82. The fourth-order valence-corrected chi connectivity index (χ4v) is 2.08. The molecule has 0 radical (unpaired) electrons. The molecule has 110 valence electrons. The van der Waals surface area contributed by atoms with E-state index in [2.05, 4.69) is 20.5 Å². The van der Waals surface area contributed by atoms with Gasteiger partial charge in [0.15, 0.2) is 5.82 Å². The third kappa shape index (κ3) is 3.12. The molecule has 1 aromatic carbocycles. The van der Waals surface area contributed by atoms with Crippen molar-refractivity contribution in [3.63, 3.8) is 0 Å². The fourth-order valence-electron chi connectivity index (χ4n) is 2.08. The lowest BCUT2D eigenvalue weighted by Gasteiger charge is -2.01. The lowest BCUT2D eigenvalue weighted by atomic mass is 10.1. The number of amides is 1. The summed E-state index contributed by atoms with van der Waals surface area (Å²) >= 11 is 0. The summed E-state index contributed by atoms with van der Waals surface area (Å²) in [6.45, 7) is 0.472. The highest BCUT2D eigenvalue weighted by atomic mass is 16.1. The number of nitrogen functional groups attached to an aromatic ring is 1. The van der Waals surface area contributed by atoms with Gasteiger partial charge in [0, 0.05) is 30.4 Å². The summed E-state index contributed by atoms with van der Waals surface area (Å²) in [6, 6.07) is 9.39. The van der Waals surface area contributed by atoms with Gasteiger partial charge >= 0.3 is 0 Å². The Balaban J connectivity index is 1.64. The second-order valence-corrected chi connectivity index (χ2v) is 4.82. The van der Waals surface area contributed by atoms with Crippen LogP contribution in [-0.4, -0.2) is 21.1 Å². The van der Waals surface area contributed by atoms with Gasteiger partial charge in [-0.3, -0.25) is 14.9 Å². The molecular formula is C16H15N5O. The van der Waals surface area contributed by atoms with E-state index in [9.17, 15) is 4.79 Å². The maximum atomic E-state index is 11.8. The van der Waals surface area contributed by atoms with E-state index >= 15 is 0 Å². The molecule has 0 atom stereocenters. The van der Waals surface area contributed by atoms with Gasteiger partial charge in [-0.25, -0.2) is 0 Å². The topological polar surface area (TPSA) is 96.7 Å². The number of carbonyl (C=O) groups excluding carboxylic acids is 1. The second kappa shape index (κ2) is 6.09. The van der Waals surface area contributed by atoms with E-state index in [0.29, 0.717) is 12.4 Å². The number of nitrogens with one attached hydrogen (secondary N) is 2. The van der Waals surface area contributed by atoms with Gasteiger partial charge in [0.2, 0.25) is 5.91 Å². The number of carbonyl (C=O) groups is 1. The van der Waals surface area contributed by atoms with Crippen molar-refractivity contribution >= 4 is 28.7 Å². The number of nitrogens with two attached hydrogens (primary N) is 1. The summed E-state index contributed by atoms with van der Waals surface area (Å²) < 4.78 is 0. The van der Waals surface area contributed by atoms with Crippen molar-refractivity contribution in [2.24, 2.45) is 0 Å². The molecule has 2 aromatic heterocycles. The fraction of sp³-hybridized carbons (Fsp3) is 0.0625. The zero-order chi connectivity index (χ0) is 15.4. The Hall–Kier alpha value is -3.15. The molecule has 6 nitrogen and oxygen atoms in total. The van der Waals surface area contributed by atoms with E-state index in [1.807, 2.05) is 30.3 Å². The maximum Gasteiger partial charge on any atom is 0.244 e. The molecule has 1 amide bonds. The smallest absolute Gasteiger partial charge is 0.244 e. The molecule has 0 fully saturated rings. The Bertz CT molecular complexity index is 823. The third-order valence-electron chi connectivity index (χ3n) is 3.26. The molecule has 0 aliphatic carbocycles. The molecule has 0 aliphatic rings. The van der Waals surface area contributed by atoms with Crippen molar-refractivity contribution in [1.82, 2.24) is 20.5 Å². The lowest BCUT2D eigenvalue weighted by Crippen LogP contribution is -2.20. The molecule has 22 heavy (non-hydrogen) atoms. The molecular weight excluding hydrogens is 278 g/mol. The van der Waals surface area contributed by atoms with Crippen molar-refractivity contribution in [2.45, 2.75) is 6.54 Å². The molecule has 3 aromatic rings. The van der Waals surface area contributed by atoms with Crippen LogP contribution in [0.2, 0.25) is 0 Å². The quantitative estimate of drug-likeness (QED) is 0.640. The van der Waals surface area contributed by atoms with Crippen molar-refractivity contribution < 1.29 is 4.79 Å². The van der Waals surface area contributed by atoms with Crippen molar-refractivity contribution in [2.75, 3.05) is 5.73 Å². The Morgan fingerprint density at radius 3 is 2.91 bits per heavy atom. The first kappa shape index (κ1) is 13.8. The van der Waals surface area contributed by atoms with Crippen LogP contribution in [-0.2, 0) is 11.3 Å². The SMILES string of the molecule is Nc1n[nH]c2ccc(/C=C/C(=O)NCc3ccncc3)cc12. The van der Waals surface area contributed by atoms with Crippen LogP contribution in [0.15, 0.2) is 48.8 Å². The maximum absolute atomic E-state index is 11.8. The molecule has 6 heteroatoms. The molecule has 0 saturated carbocycles. The number of hydrogen-bond acceptors (Lipinski definition) is 4. The number of anilines is 1. The molecule has 0 saturated heterocycles. The van der Waals surface area contributed by atoms with Crippen LogP contribution in [0.1, 0.15) is 11.1 Å². The standard InChI is InChI=1S/C16H15N5O/c17-16-13-9-11(1-3-14(13)20-21-16)2-4-15(22)19-10-12-5-7-18-8-6-12/h1-9H,10H2,(H,19,22)(H3,17,20,21)/b4-2+. The first-order valence-corrected chi connectivity index (χ1v) is 6.81. The predicted octanol–water partition coefficient (Wildman–Crippen LogP) is 1.87. The number of fused-ring (bicyclic) bond motifs is 1. The minimum Gasteiger partial charge on any atom is -0.382 e. The summed E-state index contributed by atoms with van der Waals surface area (Å²) in [5.41, 5.74) is 8.53. The number of rotatable bonds is 4. The Morgan fingerprint density at radius 1 is 1.27 bits per heavy atom. The number of benzene rings is 1.